The highest BCUT2D eigenvalue weighted by Crippen LogP contribution is 2.11. The molecule has 0 bridgehead atoms. The molecule has 0 spiro atoms. The van der Waals surface area contributed by atoms with Crippen LogP contribution in [0.5, 0.6) is 0 Å². The lowest BCUT2D eigenvalue weighted by Crippen LogP contribution is -2.28. The molecule has 1 fully saturated rings. The van der Waals surface area contributed by atoms with Gasteiger partial charge >= 0.3 is 6.03 Å². The first-order valence-electron chi connectivity index (χ1n) is 4.64. The molecular formula is C10H9ClN2O3. The van der Waals surface area contributed by atoms with Gasteiger partial charge in [0, 0.05) is 5.02 Å². The van der Waals surface area contributed by atoms with Crippen LogP contribution in [0.4, 0.5) is 4.79 Å². The second-order valence-corrected chi connectivity index (χ2v) is 3.73. The molecule has 1 aromatic rings. The van der Waals surface area contributed by atoms with Gasteiger partial charge in [-0.15, -0.1) is 0 Å². The summed E-state index contributed by atoms with van der Waals surface area (Å²) in [5.74, 6) is -0.360. The summed E-state index contributed by atoms with van der Waals surface area (Å²) in [6.45, 7) is 0.157. The van der Waals surface area contributed by atoms with E-state index in [0.717, 1.165) is 10.6 Å². The van der Waals surface area contributed by atoms with Crippen molar-refractivity contribution in [2.45, 2.75) is 6.61 Å². The summed E-state index contributed by atoms with van der Waals surface area (Å²) in [6, 6.07) is 6.51. The maximum absolute atomic E-state index is 11.1. The number of hydrogen-bond acceptors (Lipinski definition) is 3. The first kappa shape index (κ1) is 10.9. The fourth-order valence-electron chi connectivity index (χ4n) is 1.26. The molecule has 1 heterocycles. The van der Waals surface area contributed by atoms with E-state index in [9.17, 15) is 9.59 Å². The van der Waals surface area contributed by atoms with Crippen LogP contribution in [0.3, 0.4) is 0 Å². The van der Waals surface area contributed by atoms with Gasteiger partial charge in [0.25, 0.3) is 0 Å². The van der Waals surface area contributed by atoms with Crippen LogP contribution in [0.25, 0.3) is 0 Å². The quantitative estimate of drug-likeness (QED) is 0.811. The summed E-state index contributed by atoms with van der Waals surface area (Å²) in [5.41, 5.74) is 0.872. The van der Waals surface area contributed by atoms with Crippen molar-refractivity contribution < 1.29 is 14.4 Å². The van der Waals surface area contributed by atoms with Crippen LogP contribution in [-0.2, 0) is 16.2 Å². The number of imide groups is 1. The average Bonchev–Trinajstić information content (AvgIpc) is 2.57. The monoisotopic (exact) mass is 240 g/mol. The molecule has 1 saturated heterocycles. The SMILES string of the molecule is O=C1CN(OCc2ccc(Cl)cc2)C(=O)N1. The van der Waals surface area contributed by atoms with Gasteiger partial charge in [0.05, 0.1) is 0 Å². The Balaban J connectivity index is 1.90. The van der Waals surface area contributed by atoms with E-state index < -0.39 is 6.03 Å². The lowest BCUT2D eigenvalue weighted by Gasteiger charge is -2.12. The number of carbonyl (C=O) groups excluding carboxylic acids is 2. The van der Waals surface area contributed by atoms with E-state index >= 15 is 0 Å². The zero-order valence-corrected chi connectivity index (χ0v) is 9.03. The lowest BCUT2D eigenvalue weighted by atomic mass is 10.2. The summed E-state index contributed by atoms with van der Waals surface area (Å²) in [5, 5.41) is 3.75. The van der Waals surface area contributed by atoms with Crippen molar-refractivity contribution >= 4 is 23.5 Å². The summed E-state index contributed by atoms with van der Waals surface area (Å²) >= 11 is 5.72. The summed E-state index contributed by atoms with van der Waals surface area (Å²) in [7, 11) is 0. The van der Waals surface area contributed by atoms with Crippen molar-refractivity contribution in [2.75, 3.05) is 6.54 Å². The first-order valence-corrected chi connectivity index (χ1v) is 5.01. The maximum atomic E-state index is 11.1. The molecule has 0 atom stereocenters. The Morgan fingerprint density at radius 3 is 2.56 bits per heavy atom. The molecule has 84 valence electrons. The van der Waals surface area contributed by atoms with Gasteiger partial charge in [-0.1, -0.05) is 23.7 Å². The normalized spacial score (nSPS) is 15.4. The van der Waals surface area contributed by atoms with Gasteiger partial charge in [-0.05, 0) is 17.7 Å². The average molecular weight is 241 g/mol. The Bertz CT molecular complexity index is 419. The lowest BCUT2D eigenvalue weighted by molar-refractivity contribution is -0.134. The topological polar surface area (TPSA) is 58.6 Å². The number of benzene rings is 1. The van der Waals surface area contributed by atoms with Crippen LogP contribution in [-0.4, -0.2) is 23.5 Å². The highest BCUT2D eigenvalue weighted by molar-refractivity contribution is 6.30. The standard InChI is InChI=1S/C10H9ClN2O3/c11-8-3-1-7(2-4-8)6-16-13-5-9(14)12-10(13)15/h1-4H,5-6H2,(H,12,14,15). The van der Waals surface area contributed by atoms with Crippen LogP contribution in [0.2, 0.25) is 5.02 Å². The van der Waals surface area contributed by atoms with Crippen molar-refractivity contribution in [3.63, 3.8) is 0 Å². The smallest absolute Gasteiger partial charge is 0.274 e. The third-order valence-corrected chi connectivity index (χ3v) is 2.31. The van der Waals surface area contributed by atoms with Crippen molar-refractivity contribution in [1.82, 2.24) is 10.4 Å². The Hall–Kier alpha value is -1.59. The predicted molar refractivity (Wildman–Crippen MR) is 56.5 cm³/mol. The molecule has 5 nitrogen and oxygen atoms in total. The molecule has 16 heavy (non-hydrogen) atoms. The molecule has 1 aromatic carbocycles. The van der Waals surface area contributed by atoms with Gasteiger partial charge in [0.2, 0.25) is 5.91 Å². The molecule has 1 aliphatic heterocycles. The van der Waals surface area contributed by atoms with E-state index in [1.54, 1.807) is 24.3 Å². The number of halogens is 1. The van der Waals surface area contributed by atoms with E-state index in [2.05, 4.69) is 5.32 Å². The fraction of sp³-hybridized carbons (Fsp3) is 0.200. The molecule has 0 radical (unpaired) electrons. The van der Waals surface area contributed by atoms with Gasteiger partial charge in [0.15, 0.2) is 0 Å². The highest BCUT2D eigenvalue weighted by Gasteiger charge is 2.27. The number of hydroxylamine groups is 2. The number of hydrogen-bond donors (Lipinski definition) is 1. The number of rotatable bonds is 3. The van der Waals surface area contributed by atoms with Gasteiger partial charge < -0.3 is 0 Å². The Labute approximate surface area is 96.9 Å². The molecule has 6 heteroatoms. The minimum absolute atomic E-state index is 0.0631. The summed E-state index contributed by atoms with van der Waals surface area (Å²) < 4.78 is 0. The van der Waals surface area contributed by atoms with Gasteiger partial charge in [-0.3, -0.25) is 14.9 Å². The van der Waals surface area contributed by atoms with E-state index in [4.69, 9.17) is 16.4 Å². The number of carbonyl (C=O) groups is 2. The molecule has 0 unspecified atom stereocenters. The number of amides is 3. The van der Waals surface area contributed by atoms with E-state index in [1.165, 1.54) is 0 Å². The van der Waals surface area contributed by atoms with E-state index in [1.807, 2.05) is 0 Å². The molecule has 0 aliphatic carbocycles. The van der Waals surface area contributed by atoms with Crippen LogP contribution in [0, 0.1) is 0 Å². The largest absolute Gasteiger partial charge is 0.348 e. The van der Waals surface area contributed by atoms with Gasteiger partial charge in [-0.25, -0.2) is 4.79 Å². The molecule has 0 saturated carbocycles. The van der Waals surface area contributed by atoms with Gasteiger partial charge in [0.1, 0.15) is 13.2 Å². The van der Waals surface area contributed by atoms with E-state index in [-0.39, 0.29) is 19.1 Å². The first-order chi connectivity index (χ1) is 7.65. The summed E-state index contributed by atoms with van der Waals surface area (Å²) in [6.07, 6.45) is 0. The minimum atomic E-state index is -0.529. The van der Waals surface area contributed by atoms with Crippen molar-refractivity contribution in [3.8, 4) is 0 Å². The molecule has 0 aromatic heterocycles. The molecule has 1 N–H and O–H groups in total. The minimum Gasteiger partial charge on any atom is -0.274 e. The molecular weight excluding hydrogens is 232 g/mol. The van der Waals surface area contributed by atoms with Crippen LogP contribution in [0.15, 0.2) is 24.3 Å². The second kappa shape index (κ2) is 4.51. The third kappa shape index (κ3) is 2.50. The predicted octanol–water partition coefficient (Wildman–Crippen LogP) is 1.32. The zero-order chi connectivity index (χ0) is 11.5. The highest BCUT2D eigenvalue weighted by atomic mass is 35.5. The molecule has 3 amide bonds. The number of nitrogens with zero attached hydrogens (tertiary/aromatic N) is 1. The molecule has 1 aliphatic rings. The van der Waals surface area contributed by atoms with Crippen LogP contribution in [0.1, 0.15) is 5.56 Å². The van der Waals surface area contributed by atoms with Gasteiger partial charge in [-0.2, -0.15) is 5.06 Å². The number of urea groups is 1. The van der Waals surface area contributed by atoms with Crippen LogP contribution < -0.4 is 5.32 Å². The maximum Gasteiger partial charge on any atom is 0.348 e. The summed E-state index contributed by atoms with van der Waals surface area (Å²) in [4.78, 5) is 27.1. The second-order valence-electron chi connectivity index (χ2n) is 3.29. The Morgan fingerprint density at radius 1 is 1.31 bits per heavy atom. The Morgan fingerprint density at radius 2 is 2.00 bits per heavy atom. The zero-order valence-electron chi connectivity index (χ0n) is 8.27. The van der Waals surface area contributed by atoms with E-state index in [0.29, 0.717) is 5.02 Å². The van der Waals surface area contributed by atoms with Crippen molar-refractivity contribution in [1.29, 1.82) is 0 Å². The van der Waals surface area contributed by atoms with Crippen LogP contribution >= 0.6 is 11.6 Å². The van der Waals surface area contributed by atoms with Crippen molar-refractivity contribution in [3.05, 3.63) is 34.9 Å². The Kier molecular flexibility index (Phi) is 3.07. The van der Waals surface area contributed by atoms with Crippen molar-refractivity contribution in [2.24, 2.45) is 0 Å². The fourth-order valence-corrected chi connectivity index (χ4v) is 1.39. The number of nitrogens with one attached hydrogen (secondary N) is 1. The molecule has 2 rings (SSSR count). The third-order valence-electron chi connectivity index (χ3n) is 2.06.